The van der Waals surface area contributed by atoms with Gasteiger partial charge in [0.15, 0.2) is 11.5 Å². The maximum absolute atomic E-state index is 13.0. The average Bonchev–Trinajstić information content (AvgIpc) is 3.36. The lowest BCUT2D eigenvalue weighted by Crippen LogP contribution is -2.36. The second-order valence-corrected chi connectivity index (χ2v) is 9.29. The molecule has 0 atom stereocenters. The Bertz CT molecular complexity index is 898. The average molecular weight is 452 g/mol. The fourth-order valence-electron chi connectivity index (χ4n) is 4.13. The van der Waals surface area contributed by atoms with E-state index in [9.17, 15) is 18.0 Å². The van der Waals surface area contributed by atoms with E-state index in [1.165, 1.54) is 12.1 Å². The molecule has 32 heavy (non-hydrogen) atoms. The molecular formula is C24H32F3N3O2. The van der Waals surface area contributed by atoms with Crippen molar-refractivity contribution in [2.75, 3.05) is 6.54 Å². The fourth-order valence-corrected chi connectivity index (χ4v) is 4.13. The van der Waals surface area contributed by atoms with Crippen molar-refractivity contribution in [2.24, 2.45) is 5.92 Å². The number of benzene rings is 1. The molecule has 2 aromatic rings. The number of halogens is 3. The van der Waals surface area contributed by atoms with Crippen LogP contribution in [0.15, 0.2) is 28.8 Å². The Morgan fingerprint density at radius 1 is 1.16 bits per heavy atom. The van der Waals surface area contributed by atoms with Gasteiger partial charge in [-0.05, 0) is 44.7 Å². The third kappa shape index (κ3) is 5.91. The molecule has 1 aliphatic rings. The van der Waals surface area contributed by atoms with E-state index >= 15 is 0 Å². The number of carbonyl (C=O) groups excluding carboxylic acids is 1. The quantitative estimate of drug-likeness (QED) is 0.543. The highest BCUT2D eigenvalue weighted by molar-refractivity contribution is 5.95. The predicted molar refractivity (Wildman–Crippen MR) is 117 cm³/mol. The lowest BCUT2D eigenvalue weighted by atomic mass is 10.0. The minimum Gasteiger partial charge on any atom is -0.355 e. The Balaban J connectivity index is 1.96. The van der Waals surface area contributed by atoms with Gasteiger partial charge in [-0.2, -0.15) is 13.2 Å². The normalized spacial score (nSPS) is 15.3. The van der Waals surface area contributed by atoms with E-state index in [2.05, 4.69) is 43.1 Å². The molecule has 1 aliphatic carbocycles. The topological polar surface area (TPSA) is 58.4 Å². The zero-order valence-electron chi connectivity index (χ0n) is 19.1. The van der Waals surface area contributed by atoms with Crippen molar-refractivity contribution < 1.29 is 22.5 Å². The van der Waals surface area contributed by atoms with Gasteiger partial charge in [0.05, 0.1) is 5.56 Å². The summed E-state index contributed by atoms with van der Waals surface area (Å²) in [4.78, 5) is 15.2. The van der Waals surface area contributed by atoms with E-state index in [1.54, 1.807) is 0 Å². The van der Waals surface area contributed by atoms with Gasteiger partial charge in [-0.15, -0.1) is 0 Å². The Kier molecular flexibility index (Phi) is 7.64. The van der Waals surface area contributed by atoms with Crippen LogP contribution in [0, 0.1) is 5.92 Å². The Morgan fingerprint density at radius 2 is 1.78 bits per heavy atom. The number of carbonyl (C=O) groups is 1. The summed E-state index contributed by atoms with van der Waals surface area (Å²) in [6, 6.07) is 5.11. The number of nitrogens with zero attached hydrogens (tertiary/aromatic N) is 2. The first-order valence-corrected chi connectivity index (χ1v) is 11.3. The SMILES string of the molecule is CC(C)CN(Cc1c(C(=O)NC2CCCC2)noc1-c1ccc(C(F)(F)F)cc1)C(C)C. The standard InChI is InChI=1S/C24H32F3N3O2/c1-15(2)13-30(16(3)4)14-20-21(23(31)28-19-7-5-6-8-19)29-32-22(20)17-9-11-18(12-10-17)24(25,26)27/h9-12,15-16,19H,5-8,13-14H2,1-4H3,(H,28,31). The summed E-state index contributed by atoms with van der Waals surface area (Å²) in [6.45, 7) is 9.61. The molecule has 1 amide bonds. The van der Waals surface area contributed by atoms with E-state index in [0.29, 0.717) is 29.3 Å². The highest BCUT2D eigenvalue weighted by atomic mass is 19.4. The van der Waals surface area contributed by atoms with E-state index in [4.69, 9.17) is 4.52 Å². The molecule has 0 spiro atoms. The highest BCUT2D eigenvalue weighted by Gasteiger charge is 2.31. The minimum absolute atomic E-state index is 0.124. The summed E-state index contributed by atoms with van der Waals surface area (Å²) in [5, 5.41) is 7.11. The van der Waals surface area contributed by atoms with Gasteiger partial charge in [0.25, 0.3) is 5.91 Å². The first-order valence-electron chi connectivity index (χ1n) is 11.3. The van der Waals surface area contributed by atoms with Crippen molar-refractivity contribution in [3.05, 3.63) is 41.1 Å². The van der Waals surface area contributed by atoms with Gasteiger partial charge in [-0.3, -0.25) is 9.69 Å². The van der Waals surface area contributed by atoms with Gasteiger partial charge >= 0.3 is 6.18 Å². The predicted octanol–water partition coefficient (Wildman–Crippen LogP) is 5.90. The van der Waals surface area contributed by atoms with Crippen molar-refractivity contribution in [1.82, 2.24) is 15.4 Å². The maximum Gasteiger partial charge on any atom is 0.416 e. The molecule has 1 N–H and O–H groups in total. The van der Waals surface area contributed by atoms with E-state index in [0.717, 1.165) is 44.4 Å². The van der Waals surface area contributed by atoms with Gasteiger partial charge in [-0.1, -0.05) is 44.0 Å². The summed E-state index contributed by atoms with van der Waals surface area (Å²) in [5.74, 6) is 0.453. The van der Waals surface area contributed by atoms with Crippen LogP contribution in [0.3, 0.4) is 0 Å². The molecule has 1 fully saturated rings. The molecule has 1 aromatic heterocycles. The highest BCUT2D eigenvalue weighted by Crippen LogP contribution is 2.33. The van der Waals surface area contributed by atoms with E-state index in [1.807, 2.05) is 0 Å². The van der Waals surface area contributed by atoms with Crippen LogP contribution in [0.25, 0.3) is 11.3 Å². The molecule has 0 bridgehead atoms. The number of rotatable bonds is 8. The summed E-state index contributed by atoms with van der Waals surface area (Å²) in [6.07, 6.45) is -0.362. The summed E-state index contributed by atoms with van der Waals surface area (Å²) in [7, 11) is 0. The van der Waals surface area contributed by atoms with E-state index < -0.39 is 11.7 Å². The van der Waals surface area contributed by atoms with Gasteiger partial charge in [0, 0.05) is 36.3 Å². The molecule has 0 unspecified atom stereocenters. The lowest BCUT2D eigenvalue weighted by Gasteiger charge is -2.28. The number of aromatic nitrogens is 1. The maximum atomic E-state index is 13.0. The Labute approximate surface area is 187 Å². The van der Waals surface area contributed by atoms with Crippen molar-refractivity contribution in [2.45, 2.75) is 78.2 Å². The van der Waals surface area contributed by atoms with Gasteiger partial charge in [-0.25, -0.2) is 0 Å². The molecule has 1 aromatic carbocycles. The van der Waals surface area contributed by atoms with Crippen molar-refractivity contribution in [3.8, 4) is 11.3 Å². The second-order valence-electron chi connectivity index (χ2n) is 9.29. The van der Waals surface area contributed by atoms with Crippen LogP contribution in [-0.4, -0.2) is 34.6 Å². The monoisotopic (exact) mass is 451 g/mol. The van der Waals surface area contributed by atoms with Crippen molar-refractivity contribution in [3.63, 3.8) is 0 Å². The first-order chi connectivity index (χ1) is 15.1. The van der Waals surface area contributed by atoms with Crippen molar-refractivity contribution >= 4 is 5.91 Å². The van der Waals surface area contributed by atoms with Crippen LogP contribution < -0.4 is 5.32 Å². The Morgan fingerprint density at radius 3 is 2.31 bits per heavy atom. The zero-order valence-corrected chi connectivity index (χ0v) is 19.1. The number of amides is 1. The minimum atomic E-state index is -4.42. The lowest BCUT2D eigenvalue weighted by molar-refractivity contribution is -0.137. The van der Waals surface area contributed by atoms with Crippen LogP contribution in [0.5, 0.6) is 0 Å². The van der Waals surface area contributed by atoms with Gasteiger partial charge < -0.3 is 9.84 Å². The molecule has 0 saturated heterocycles. The molecular weight excluding hydrogens is 419 g/mol. The number of hydrogen-bond acceptors (Lipinski definition) is 4. The molecule has 8 heteroatoms. The van der Waals surface area contributed by atoms with Crippen LogP contribution >= 0.6 is 0 Å². The number of hydrogen-bond donors (Lipinski definition) is 1. The van der Waals surface area contributed by atoms with Crippen LogP contribution in [0.1, 0.15) is 75.0 Å². The molecule has 3 rings (SSSR count). The molecule has 176 valence electrons. The molecule has 0 aliphatic heterocycles. The third-order valence-corrected chi connectivity index (χ3v) is 5.86. The van der Waals surface area contributed by atoms with Gasteiger partial charge in [0.1, 0.15) is 0 Å². The zero-order chi connectivity index (χ0) is 23.5. The summed E-state index contributed by atoms with van der Waals surface area (Å²) >= 11 is 0. The molecule has 5 nitrogen and oxygen atoms in total. The second kappa shape index (κ2) is 10.1. The molecule has 1 saturated carbocycles. The number of alkyl halides is 3. The van der Waals surface area contributed by atoms with E-state index in [-0.39, 0.29) is 23.7 Å². The van der Waals surface area contributed by atoms with Crippen LogP contribution in [0.2, 0.25) is 0 Å². The van der Waals surface area contributed by atoms with Crippen molar-refractivity contribution in [1.29, 1.82) is 0 Å². The summed E-state index contributed by atoms with van der Waals surface area (Å²) in [5.41, 5.74) is 0.551. The Hall–Kier alpha value is -2.35. The first kappa shape index (κ1) is 24.3. The number of nitrogens with one attached hydrogen (secondary N) is 1. The molecule has 1 heterocycles. The smallest absolute Gasteiger partial charge is 0.355 e. The van der Waals surface area contributed by atoms with Crippen LogP contribution in [0.4, 0.5) is 13.2 Å². The fraction of sp³-hybridized carbons (Fsp3) is 0.583. The largest absolute Gasteiger partial charge is 0.416 e. The molecule has 0 radical (unpaired) electrons. The van der Waals surface area contributed by atoms with Crippen LogP contribution in [-0.2, 0) is 12.7 Å². The third-order valence-electron chi connectivity index (χ3n) is 5.86. The van der Waals surface area contributed by atoms with Gasteiger partial charge in [0.2, 0.25) is 0 Å². The summed E-state index contributed by atoms with van der Waals surface area (Å²) < 4.78 is 44.5.